The largest absolute Gasteiger partial charge is 0.303 e. The minimum atomic E-state index is 0.912. The highest BCUT2D eigenvalue weighted by atomic mass is 15.2. The zero-order valence-corrected chi connectivity index (χ0v) is 7.01. The first-order valence-corrected chi connectivity index (χ1v) is 4.49. The van der Waals surface area contributed by atoms with Crippen molar-refractivity contribution in [1.82, 2.24) is 4.90 Å². The molecule has 2 heterocycles. The van der Waals surface area contributed by atoms with Crippen LogP contribution in [0.2, 0.25) is 0 Å². The van der Waals surface area contributed by atoms with Gasteiger partial charge in [-0.1, -0.05) is 13.8 Å². The van der Waals surface area contributed by atoms with Gasteiger partial charge in [-0.2, -0.15) is 0 Å². The molecule has 1 heteroatoms. The van der Waals surface area contributed by atoms with E-state index in [2.05, 4.69) is 18.7 Å². The van der Waals surface area contributed by atoms with Crippen LogP contribution in [0.4, 0.5) is 0 Å². The van der Waals surface area contributed by atoms with Crippen molar-refractivity contribution in [2.45, 2.75) is 20.3 Å². The van der Waals surface area contributed by atoms with E-state index < -0.39 is 0 Å². The second-order valence-electron chi connectivity index (χ2n) is 4.22. The summed E-state index contributed by atoms with van der Waals surface area (Å²) in [6, 6.07) is 0. The van der Waals surface area contributed by atoms with Crippen molar-refractivity contribution < 1.29 is 0 Å². The fraction of sp³-hybridized carbons (Fsp3) is 1.00. The normalized spacial score (nSPS) is 45.3. The Balaban J connectivity index is 2.02. The number of piperidine rings is 1. The molecule has 2 bridgehead atoms. The summed E-state index contributed by atoms with van der Waals surface area (Å²) >= 11 is 0. The van der Waals surface area contributed by atoms with Crippen LogP contribution in [-0.4, -0.2) is 24.5 Å². The summed E-state index contributed by atoms with van der Waals surface area (Å²) in [5.41, 5.74) is 0. The summed E-state index contributed by atoms with van der Waals surface area (Å²) in [7, 11) is 0. The fourth-order valence-corrected chi connectivity index (χ4v) is 2.58. The summed E-state index contributed by atoms with van der Waals surface area (Å²) in [6.07, 6.45) is 1.48. The van der Waals surface area contributed by atoms with Crippen molar-refractivity contribution in [3.63, 3.8) is 0 Å². The van der Waals surface area contributed by atoms with Crippen molar-refractivity contribution in [3.8, 4) is 0 Å². The second-order valence-corrected chi connectivity index (χ2v) is 4.22. The lowest BCUT2D eigenvalue weighted by atomic mass is 9.84. The Hall–Kier alpha value is -0.0400. The van der Waals surface area contributed by atoms with Gasteiger partial charge in [0.25, 0.3) is 0 Å². The minimum Gasteiger partial charge on any atom is -0.303 e. The molecule has 0 aromatic rings. The number of hydrogen-bond acceptors (Lipinski definition) is 1. The van der Waals surface area contributed by atoms with E-state index in [1.54, 1.807) is 0 Å². The highest BCUT2D eigenvalue weighted by Gasteiger charge is 2.38. The predicted octanol–water partition coefficient (Wildman–Crippen LogP) is 1.59. The van der Waals surface area contributed by atoms with Crippen LogP contribution in [0.25, 0.3) is 0 Å². The zero-order chi connectivity index (χ0) is 7.14. The zero-order valence-electron chi connectivity index (χ0n) is 7.01. The number of nitrogens with zero attached hydrogens (tertiary/aromatic N) is 1. The van der Waals surface area contributed by atoms with E-state index in [4.69, 9.17) is 0 Å². The van der Waals surface area contributed by atoms with Crippen LogP contribution in [0.15, 0.2) is 0 Å². The third-order valence-corrected chi connectivity index (χ3v) is 3.24. The second kappa shape index (κ2) is 2.23. The van der Waals surface area contributed by atoms with Crippen LogP contribution in [-0.2, 0) is 0 Å². The van der Waals surface area contributed by atoms with Crippen LogP contribution < -0.4 is 0 Å². The smallest absolute Gasteiger partial charge is 0.00154 e. The third-order valence-electron chi connectivity index (χ3n) is 3.24. The lowest BCUT2D eigenvalue weighted by Gasteiger charge is -2.24. The molecule has 0 spiro atoms. The molecular formula is C9H17N. The first kappa shape index (κ1) is 6.66. The molecule has 10 heavy (non-hydrogen) atoms. The predicted molar refractivity (Wildman–Crippen MR) is 42.9 cm³/mol. The summed E-state index contributed by atoms with van der Waals surface area (Å²) in [6.45, 7) is 8.91. The molecule has 0 amide bonds. The molecule has 3 unspecified atom stereocenters. The summed E-state index contributed by atoms with van der Waals surface area (Å²) < 4.78 is 0. The van der Waals surface area contributed by atoms with Crippen molar-refractivity contribution in [2.24, 2.45) is 17.8 Å². The number of hydrogen-bond donors (Lipinski definition) is 0. The van der Waals surface area contributed by atoms with E-state index in [0.29, 0.717) is 0 Å². The maximum atomic E-state index is 2.62. The van der Waals surface area contributed by atoms with E-state index in [9.17, 15) is 0 Å². The van der Waals surface area contributed by atoms with E-state index in [1.165, 1.54) is 26.1 Å². The standard InChI is InChI=1S/C9H17N/c1-7(2)9-6-10-4-3-8(9)5-10/h7-9H,3-6H2,1-2H3. The van der Waals surface area contributed by atoms with Crippen LogP contribution in [0.5, 0.6) is 0 Å². The molecule has 3 atom stereocenters. The molecule has 0 N–H and O–H groups in total. The van der Waals surface area contributed by atoms with Crippen molar-refractivity contribution >= 4 is 0 Å². The van der Waals surface area contributed by atoms with Gasteiger partial charge in [-0.05, 0) is 30.7 Å². The van der Waals surface area contributed by atoms with E-state index in [0.717, 1.165) is 17.8 Å². The molecule has 0 aromatic carbocycles. The summed E-state index contributed by atoms with van der Waals surface area (Å²) in [4.78, 5) is 2.62. The third kappa shape index (κ3) is 0.878. The Morgan fingerprint density at radius 1 is 1.30 bits per heavy atom. The molecule has 58 valence electrons. The van der Waals surface area contributed by atoms with E-state index >= 15 is 0 Å². The molecule has 0 saturated carbocycles. The molecule has 2 aliphatic rings. The van der Waals surface area contributed by atoms with Gasteiger partial charge in [-0.3, -0.25) is 0 Å². The molecule has 2 fully saturated rings. The average molecular weight is 139 g/mol. The first-order chi connectivity index (χ1) is 4.77. The Labute approximate surface area is 63.4 Å². The van der Waals surface area contributed by atoms with Crippen molar-refractivity contribution in [1.29, 1.82) is 0 Å². The van der Waals surface area contributed by atoms with Crippen LogP contribution in [0, 0.1) is 17.8 Å². The fourth-order valence-electron chi connectivity index (χ4n) is 2.58. The first-order valence-electron chi connectivity index (χ1n) is 4.49. The van der Waals surface area contributed by atoms with Crippen molar-refractivity contribution in [2.75, 3.05) is 19.6 Å². The Morgan fingerprint density at radius 3 is 2.40 bits per heavy atom. The highest BCUT2D eigenvalue weighted by Crippen LogP contribution is 2.36. The summed E-state index contributed by atoms with van der Waals surface area (Å²) in [5, 5.41) is 0. The maximum Gasteiger partial charge on any atom is 0.00154 e. The lowest BCUT2D eigenvalue weighted by molar-refractivity contribution is 0.246. The average Bonchev–Trinajstić information content (AvgIpc) is 2.44. The van der Waals surface area contributed by atoms with Gasteiger partial charge in [-0.15, -0.1) is 0 Å². The highest BCUT2D eigenvalue weighted by molar-refractivity contribution is 4.91. The molecule has 0 radical (unpaired) electrons. The van der Waals surface area contributed by atoms with Crippen LogP contribution in [0.1, 0.15) is 20.3 Å². The van der Waals surface area contributed by atoms with Gasteiger partial charge in [0.15, 0.2) is 0 Å². The van der Waals surface area contributed by atoms with Crippen LogP contribution >= 0.6 is 0 Å². The Bertz CT molecular complexity index is 131. The van der Waals surface area contributed by atoms with Crippen LogP contribution in [0.3, 0.4) is 0 Å². The van der Waals surface area contributed by atoms with Gasteiger partial charge >= 0.3 is 0 Å². The molecule has 2 aliphatic heterocycles. The quantitative estimate of drug-likeness (QED) is 0.533. The molecule has 2 saturated heterocycles. The van der Waals surface area contributed by atoms with Gasteiger partial charge in [0, 0.05) is 13.1 Å². The lowest BCUT2D eigenvalue weighted by Crippen LogP contribution is -2.26. The Kier molecular flexibility index (Phi) is 1.48. The van der Waals surface area contributed by atoms with Gasteiger partial charge < -0.3 is 4.90 Å². The van der Waals surface area contributed by atoms with Gasteiger partial charge in [0.1, 0.15) is 0 Å². The number of rotatable bonds is 1. The van der Waals surface area contributed by atoms with Gasteiger partial charge in [0.2, 0.25) is 0 Å². The van der Waals surface area contributed by atoms with Crippen molar-refractivity contribution in [3.05, 3.63) is 0 Å². The Morgan fingerprint density at radius 2 is 2.10 bits per heavy atom. The molecular weight excluding hydrogens is 122 g/mol. The van der Waals surface area contributed by atoms with Gasteiger partial charge in [0.05, 0.1) is 0 Å². The molecule has 1 nitrogen and oxygen atoms in total. The summed E-state index contributed by atoms with van der Waals surface area (Å²) in [5.74, 6) is 2.99. The minimum absolute atomic E-state index is 0.912. The number of fused-ring (bicyclic) bond motifs is 2. The van der Waals surface area contributed by atoms with E-state index in [1.807, 2.05) is 0 Å². The topological polar surface area (TPSA) is 3.24 Å². The molecule has 2 rings (SSSR count). The maximum absolute atomic E-state index is 2.62. The SMILES string of the molecule is CC(C)C1CN2CCC1C2. The monoisotopic (exact) mass is 139 g/mol. The molecule has 0 aromatic heterocycles. The molecule has 0 aliphatic carbocycles. The van der Waals surface area contributed by atoms with E-state index in [-0.39, 0.29) is 0 Å². The van der Waals surface area contributed by atoms with Gasteiger partial charge in [-0.25, -0.2) is 0 Å².